The SMILES string of the molecule is NC(=O)CN(CC(N)=O)c1ccccc1C=O. The zero-order valence-corrected chi connectivity index (χ0v) is 9.13. The fourth-order valence-corrected chi connectivity index (χ4v) is 1.48. The highest BCUT2D eigenvalue weighted by Crippen LogP contribution is 2.18. The van der Waals surface area contributed by atoms with E-state index in [0.717, 1.165) is 0 Å². The van der Waals surface area contributed by atoms with Crippen LogP contribution in [0.5, 0.6) is 0 Å². The Morgan fingerprint density at radius 2 is 1.65 bits per heavy atom. The molecule has 0 aliphatic heterocycles. The first-order valence-corrected chi connectivity index (χ1v) is 4.90. The molecule has 0 saturated heterocycles. The van der Waals surface area contributed by atoms with E-state index in [9.17, 15) is 14.4 Å². The monoisotopic (exact) mass is 235 g/mol. The third kappa shape index (κ3) is 3.60. The summed E-state index contributed by atoms with van der Waals surface area (Å²) in [6.45, 7) is -0.346. The lowest BCUT2D eigenvalue weighted by Crippen LogP contribution is -2.40. The maximum absolute atomic E-state index is 10.9. The first kappa shape index (κ1) is 12.7. The normalized spacial score (nSPS) is 9.65. The second-order valence-corrected chi connectivity index (χ2v) is 3.47. The van der Waals surface area contributed by atoms with E-state index in [4.69, 9.17) is 11.5 Å². The van der Waals surface area contributed by atoms with Gasteiger partial charge in [-0.3, -0.25) is 14.4 Å². The van der Waals surface area contributed by atoms with E-state index < -0.39 is 11.8 Å². The first-order valence-electron chi connectivity index (χ1n) is 4.90. The van der Waals surface area contributed by atoms with Crippen LogP contribution in [0.3, 0.4) is 0 Å². The number of rotatable bonds is 6. The number of hydrogen-bond acceptors (Lipinski definition) is 4. The average molecular weight is 235 g/mol. The van der Waals surface area contributed by atoms with Crippen molar-refractivity contribution in [2.45, 2.75) is 0 Å². The molecule has 1 aromatic rings. The molecule has 6 heteroatoms. The lowest BCUT2D eigenvalue weighted by molar-refractivity contribution is -0.117. The molecule has 0 spiro atoms. The summed E-state index contributed by atoms with van der Waals surface area (Å²) in [5.74, 6) is -1.21. The number of hydrogen-bond donors (Lipinski definition) is 2. The smallest absolute Gasteiger partial charge is 0.236 e. The van der Waals surface area contributed by atoms with Crippen LogP contribution in [0, 0.1) is 0 Å². The molecule has 0 bridgehead atoms. The van der Waals surface area contributed by atoms with Gasteiger partial charge in [0, 0.05) is 11.3 Å². The molecule has 0 fully saturated rings. The molecule has 1 aromatic carbocycles. The van der Waals surface area contributed by atoms with E-state index in [0.29, 0.717) is 17.5 Å². The Balaban J connectivity index is 3.06. The molecule has 0 saturated carbocycles. The van der Waals surface area contributed by atoms with Gasteiger partial charge < -0.3 is 16.4 Å². The fraction of sp³-hybridized carbons (Fsp3) is 0.182. The Morgan fingerprint density at radius 3 is 2.12 bits per heavy atom. The number of nitrogens with zero attached hydrogens (tertiary/aromatic N) is 1. The molecule has 0 aliphatic rings. The van der Waals surface area contributed by atoms with Gasteiger partial charge in [0.25, 0.3) is 0 Å². The van der Waals surface area contributed by atoms with Crippen molar-refractivity contribution in [2.75, 3.05) is 18.0 Å². The third-order valence-electron chi connectivity index (χ3n) is 2.10. The predicted molar refractivity (Wildman–Crippen MR) is 62.4 cm³/mol. The van der Waals surface area contributed by atoms with Crippen LogP contribution in [0.1, 0.15) is 10.4 Å². The number of amides is 2. The molecular weight excluding hydrogens is 222 g/mol. The molecule has 0 unspecified atom stereocenters. The van der Waals surface area contributed by atoms with Gasteiger partial charge >= 0.3 is 0 Å². The fourth-order valence-electron chi connectivity index (χ4n) is 1.48. The molecule has 90 valence electrons. The van der Waals surface area contributed by atoms with Gasteiger partial charge in [-0.1, -0.05) is 12.1 Å². The van der Waals surface area contributed by atoms with Crippen LogP contribution >= 0.6 is 0 Å². The van der Waals surface area contributed by atoms with Gasteiger partial charge in [-0.25, -0.2) is 0 Å². The number of aldehydes is 1. The average Bonchev–Trinajstić information content (AvgIpc) is 2.27. The summed E-state index contributed by atoms with van der Waals surface area (Å²) in [5, 5.41) is 0. The summed E-state index contributed by atoms with van der Waals surface area (Å²) in [7, 11) is 0. The van der Waals surface area contributed by atoms with Crippen molar-refractivity contribution in [1.29, 1.82) is 0 Å². The third-order valence-corrected chi connectivity index (χ3v) is 2.10. The number of para-hydroxylation sites is 1. The highest BCUT2D eigenvalue weighted by Gasteiger charge is 2.14. The molecule has 0 atom stereocenters. The van der Waals surface area contributed by atoms with Gasteiger partial charge in [-0.15, -0.1) is 0 Å². The lowest BCUT2D eigenvalue weighted by Gasteiger charge is -2.22. The van der Waals surface area contributed by atoms with Crippen LogP contribution in [-0.4, -0.2) is 31.2 Å². The van der Waals surface area contributed by atoms with Crippen LogP contribution in [0.4, 0.5) is 5.69 Å². The summed E-state index contributed by atoms with van der Waals surface area (Å²) < 4.78 is 0. The van der Waals surface area contributed by atoms with Crippen molar-refractivity contribution in [1.82, 2.24) is 0 Å². The second kappa shape index (κ2) is 5.64. The Kier molecular flexibility index (Phi) is 4.21. The highest BCUT2D eigenvalue weighted by atomic mass is 16.2. The van der Waals surface area contributed by atoms with Gasteiger partial charge in [0.05, 0.1) is 13.1 Å². The Morgan fingerprint density at radius 1 is 1.12 bits per heavy atom. The second-order valence-electron chi connectivity index (χ2n) is 3.47. The molecule has 4 N–H and O–H groups in total. The van der Waals surface area contributed by atoms with Crippen LogP contribution < -0.4 is 16.4 Å². The van der Waals surface area contributed by atoms with Crippen molar-refractivity contribution < 1.29 is 14.4 Å². The van der Waals surface area contributed by atoms with Crippen molar-refractivity contribution in [3.63, 3.8) is 0 Å². The van der Waals surface area contributed by atoms with Crippen molar-refractivity contribution in [3.05, 3.63) is 29.8 Å². The van der Waals surface area contributed by atoms with E-state index >= 15 is 0 Å². The predicted octanol–water partition coefficient (Wildman–Crippen LogP) is -0.724. The summed E-state index contributed by atoms with van der Waals surface area (Å²) in [6.07, 6.45) is 0.643. The van der Waals surface area contributed by atoms with Crippen molar-refractivity contribution >= 4 is 23.8 Å². The first-order chi connectivity index (χ1) is 8.04. The minimum atomic E-state index is -0.605. The number of carbonyl (C=O) groups excluding carboxylic acids is 3. The maximum Gasteiger partial charge on any atom is 0.236 e. The zero-order valence-electron chi connectivity index (χ0n) is 9.13. The zero-order chi connectivity index (χ0) is 12.8. The van der Waals surface area contributed by atoms with Gasteiger partial charge in [0.2, 0.25) is 11.8 Å². The molecule has 17 heavy (non-hydrogen) atoms. The summed E-state index contributed by atoms with van der Waals surface area (Å²) in [6, 6.07) is 6.57. The van der Waals surface area contributed by atoms with Crippen LogP contribution in [0.2, 0.25) is 0 Å². The Labute approximate surface area is 98.2 Å². The van der Waals surface area contributed by atoms with E-state index in [1.807, 2.05) is 0 Å². The van der Waals surface area contributed by atoms with Gasteiger partial charge in [0.1, 0.15) is 0 Å². The van der Waals surface area contributed by atoms with E-state index in [-0.39, 0.29) is 13.1 Å². The van der Waals surface area contributed by atoms with Crippen LogP contribution in [0.25, 0.3) is 0 Å². The molecular formula is C11H13N3O3. The Hall–Kier alpha value is -2.37. The van der Waals surface area contributed by atoms with Crippen LogP contribution in [0.15, 0.2) is 24.3 Å². The lowest BCUT2D eigenvalue weighted by atomic mass is 10.1. The minimum absolute atomic E-state index is 0.173. The van der Waals surface area contributed by atoms with Gasteiger partial charge in [-0.05, 0) is 12.1 Å². The number of nitrogens with two attached hydrogens (primary N) is 2. The highest BCUT2D eigenvalue weighted by molar-refractivity contribution is 5.90. The van der Waals surface area contributed by atoms with Crippen LogP contribution in [-0.2, 0) is 9.59 Å². The summed E-state index contributed by atoms with van der Waals surface area (Å²) in [5.41, 5.74) is 11.0. The number of benzene rings is 1. The number of primary amides is 2. The quantitative estimate of drug-likeness (QED) is 0.634. The topological polar surface area (TPSA) is 106 Å². The summed E-state index contributed by atoms with van der Waals surface area (Å²) >= 11 is 0. The van der Waals surface area contributed by atoms with Crippen molar-refractivity contribution in [2.24, 2.45) is 11.5 Å². The Bertz CT molecular complexity index is 429. The number of carbonyl (C=O) groups is 3. The molecule has 0 heterocycles. The molecule has 6 nitrogen and oxygen atoms in total. The van der Waals surface area contributed by atoms with E-state index in [1.165, 1.54) is 4.90 Å². The van der Waals surface area contributed by atoms with E-state index in [2.05, 4.69) is 0 Å². The number of anilines is 1. The standard InChI is InChI=1S/C11H13N3O3/c12-10(16)5-14(6-11(13)17)9-4-2-1-3-8(9)7-15/h1-4,7H,5-6H2,(H2,12,16)(H2,13,17). The molecule has 0 radical (unpaired) electrons. The molecule has 0 aromatic heterocycles. The van der Waals surface area contributed by atoms with Crippen molar-refractivity contribution in [3.8, 4) is 0 Å². The largest absolute Gasteiger partial charge is 0.368 e. The van der Waals surface area contributed by atoms with E-state index in [1.54, 1.807) is 24.3 Å². The van der Waals surface area contributed by atoms with Gasteiger partial charge in [-0.2, -0.15) is 0 Å². The molecule has 0 aliphatic carbocycles. The van der Waals surface area contributed by atoms with Gasteiger partial charge in [0.15, 0.2) is 6.29 Å². The molecule has 2 amide bonds. The minimum Gasteiger partial charge on any atom is -0.368 e. The maximum atomic E-state index is 10.9. The summed E-state index contributed by atoms with van der Waals surface area (Å²) in [4.78, 5) is 34.0. The molecule has 1 rings (SSSR count).